The Hall–Kier alpha value is -2.52. The van der Waals surface area contributed by atoms with Gasteiger partial charge in [-0.05, 0) is 68.7 Å². The van der Waals surface area contributed by atoms with Crippen molar-refractivity contribution in [1.82, 2.24) is 9.88 Å². The quantitative estimate of drug-likeness (QED) is 0.579. The van der Waals surface area contributed by atoms with E-state index in [0.29, 0.717) is 28.5 Å². The van der Waals surface area contributed by atoms with E-state index in [-0.39, 0.29) is 23.8 Å². The molecule has 1 aromatic heterocycles. The Labute approximate surface area is 213 Å². The second-order valence-electron chi connectivity index (χ2n) is 10.1. The zero-order valence-corrected chi connectivity index (χ0v) is 20.6. The summed E-state index contributed by atoms with van der Waals surface area (Å²) in [6, 6.07) is 7.53. The van der Waals surface area contributed by atoms with Gasteiger partial charge in [0.25, 0.3) is 0 Å². The number of carbonyl (C=O) groups is 1. The summed E-state index contributed by atoms with van der Waals surface area (Å²) in [5.41, 5.74) is 0.906. The normalized spacial score (nSPS) is 27.1. The minimum atomic E-state index is -4.74. The number of hydrogen-bond donors (Lipinski definition) is 1. The molecule has 6 nitrogen and oxygen atoms in total. The number of halogens is 4. The van der Waals surface area contributed by atoms with Crippen LogP contribution in [-0.2, 0) is 4.79 Å². The van der Waals surface area contributed by atoms with E-state index in [1.165, 1.54) is 24.3 Å². The number of alkyl halides is 3. The predicted molar refractivity (Wildman–Crippen MR) is 130 cm³/mol. The topological polar surface area (TPSA) is 65.9 Å². The highest BCUT2D eigenvalue weighted by atomic mass is 35.5. The van der Waals surface area contributed by atoms with Gasteiger partial charge >= 0.3 is 6.36 Å². The molecule has 2 saturated heterocycles. The molecule has 0 unspecified atom stereocenters. The molecule has 1 N–H and O–H groups in total. The van der Waals surface area contributed by atoms with Crippen molar-refractivity contribution in [3.8, 4) is 16.9 Å². The molecular formula is C26H29ClF3N3O3. The van der Waals surface area contributed by atoms with Crippen LogP contribution >= 0.6 is 11.6 Å². The summed E-state index contributed by atoms with van der Waals surface area (Å²) < 4.78 is 41.2. The Balaban J connectivity index is 1.29. The van der Waals surface area contributed by atoms with Crippen molar-refractivity contribution in [2.75, 3.05) is 24.5 Å². The summed E-state index contributed by atoms with van der Waals surface area (Å²) in [6.45, 7) is 2.06. The van der Waals surface area contributed by atoms with E-state index < -0.39 is 11.8 Å². The molecule has 3 aliphatic rings. The maximum absolute atomic E-state index is 13.6. The van der Waals surface area contributed by atoms with Gasteiger partial charge in [-0.3, -0.25) is 4.79 Å². The average molecular weight is 524 g/mol. The van der Waals surface area contributed by atoms with Gasteiger partial charge in [-0.25, -0.2) is 4.98 Å². The second-order valence-corrected chi connectivity index (χ2v) is 10.5. The summed E-state index contributed by atoms with van der Waals surface area (Å²) in [4.78, 5) is 22.3. The molecule has 1 spiro atoms. The van der Waals surface area contributed by atoms with Gasteiger partial charge in [0.15, 0.2) is 0 Å². The van der Waals surface area contributed by atoms with Crippen LogP contribution in [0.5, 0.6) is 5.75 Å². The van der Waals surface area contributed by atoms with E-state index in [1.807, 2.05) is 4.90 Å². The van der Waals surface area contributed by atoms with Crippen LogP contribution in [0.1, 0.15) is 44.9 Å². The predicted octanol–water partition coefficient (Wildman–Crippen LogP) is 5.42. The number of aliphatic hydroxyl groups excluding tert-OH is 1. The third-order valence-corrected chi connectivity index (χ3v) is 8.05. The number of pyridine rings is 1. The van der Waals surface area contributed by atoms with Crippen LogP contribution in [0, 0.1) is 5.41 Å². The number of anilines is 1. The van der Waals surface area contributed by atoms with Gasteiger partial charge in [-0.2, -0.15) is 0 Å². The molecule has 1 atom stereocenters. The molecule has 1 aromatic carbocycles. The molecule has 5 rings (SSSR count). The molecule has 0 bridgehead atoms. The number of piperidine rings is 1. The second kappa shape index (κ2) is 9.74. The lowest BCUT2D eigenvalue weighted by Crippen LogP contribution is -2.50. The molecule has 10 heteroatoms. The van der Waals surface area contributed by atoms with E-state index in [1.54, 1.807) is 12.3 Å². The van der Waals surface area contributed by atoms with Gasteiger partial charge in [0.1, 0.15) is 11.6 Å². The minimum absolute atomic E-state index is 0.211. The molecule has 3 heterocycles. The Bertz CT molecular complexity index is 1110. The first-order chi connectivity index (χ1) is 17.1. The van der Waals surface area contributed by atoms with Crippen molar-refractivity contribution in [2.24, 2.45) is 5.41 Å². The average Bonchev–Trinajstić information content (AvgIpc) is 3.14. The molecule has 36 heavy (non-hydrogen) atoms. The Morgan fingerprint density at radius 3 is 2.44 bits per heavy atom. The van der Waals surface area contributed by atoms with Crippen LogP contribution in [0.25, 0.3) is 11.1 Å². The van der Waals surface area contributed by atoms with Gasteiger partial charge in [0, 0.05) is 37.4 Å². The van der Waals surface area contributed by atoms with E-state index in [2.05, 4.69) is 14.6 Å². The number of rotatable bonds is 4. The Morgan fingerprint density at radius 2 is 1.78 bits per heavy atom. The smallest absolute Gasteiger partial charge is 0.406 e. The largest absolute Gasteiger partial charge is 0.573 e. The first-order valence-corrected chi connectivity index (χ1v) is 12.8. The van der Waals surface area contributed by atoms with Crippen LogP contribution in [0.15, 0.2) is 36.5 Å². The lowest BCUT2D eigenvalue weighted by molar-refractivity contribution is -0.274. The lowest BCUT2D eigenvalue weighted by Gasteiger charge is -2.41. The summed E-state index contributed by atoms with van der Waals surface area (Å²) in [6.07, 6.45) is 2.38. The number of carbonyl (C=O) groups excluding carboxylic acids is 1. The van der Waals surface area contributed by atoms with Crippen molar-refractivity contribution in [3.05, 3.63) is 41.6 Å². The van der Waals surface area contributed by atoms with E-state index >= 15 is 0 Å². The van der Waals surface area contributed by atoms with Crippen LogP contribution in [0.2, 0.25) is 5.02 Å². The van der Waals surface area contributed by atoms with Gasteiger partial charge < -0.3 is 19.6 Å². The zero-order valence-electron chi connectivity index (χ0n) is 19.8. The van der Waals surface area contributed by atoms with E-state index in [9.17, 15) is 23.1 Å². The highest BCUT2D eigenvalue weighted by Gasteiger charge is 2.51. The molecular weight excluding hydrogens is 495 g/mol. The first-order valence-electron chi connectivity index (χ1n) is 12.4. The van der Waals surface area contributed by atoms with Gasteiger partial charge in [-0.15, -0.1) is 13.2 Å². The highest BCUT2D eigenvalue weighted by molar-refractivity contribution is 6.33. The molecule has 3 fully saturated rings. The molecule has 2 aromatic rings. The number of amides is 1. The van der Waals surface area contributed by atoms with Crippen molar-refractivity contribution >= 4 is 23.3 Å². The summed E-state index contributed by atoms with van der Waals surface area (Å²) >= 11 is 6.63. The standard InChI is InChI=1S/C26H29ClF3N3O3/c27-22-14-18(17-2-8-21(9-3-17)36-26(28,29)30)15-31-23(22)32-12-1-10-25(16-32)11-13-33(24(25)35)19-4-6-20(34)7-5-19/h2-3,8-9,14-15,19-20,34H,1,4-7,10-13,16H2/t19?,20?,25-/m1/s1. The third-order valence-electron chi connectivity index (χ3n) is 7.77. The number of benzene rings is 1. The van der Waals surface area contributed by atoms with E-state index in [0.717, 1.165) is 58.0 Å². The van der Waals surface area contributed by atoms with Gasteiger partial charge in [0.05, 0.1) is 16.5 Å². The fourth-order valence-corrected chi connectivity index (χ4v) is 6.21. The van der Waals surface area contributed by atoms with Gasteiger partial charge in [-0.1, -0.05) is 23.7 Å². The SMILES string of the molecule is O=C1N(C2CCC(O)CC2)CC[C@@]12CCCN(c1ncc(-c3ccc(OC(F)(F)F)cc3)cc1Cl)C2. The molecule has 0 radical (unpaired) electrons. The number of hydrogen-bond acceptors (Lipinski definition) is 5. The lowest BCUT2D eigenvalue weighted by atomic mass is 9.78. The van der Waals surface area contributed by atoms with Crippen LogP contribution in [0.4, 0.5) is 19.0 Å². The number of likely N-dealkylation sites (tertiary alicyclic amines) is 1. The molecule has 1 amide bonds. The maximum atomic E-state index is 13.6. The van der Waals surface area contributed by atoms with Crippen molar-refractivity contribution in [1.29, 1.82) is 0 Å². The van der Waals surface area contributed by atoms with E-state index in [4.69, 9.17) is 11.6 Å². The molecule has 194 valence electrons. The summed E-state index contributed by atoms with van der Waals surface area (Å²) in [7, 11) is 0. The van der Waals surface area contributed by atoms with Crippen molar-refractivity contribution in [2.45, 2.75) is 63.5 Å². The molecule has 1 saturated carbocycles. The van der Waals surface area contributed by atoms with Crippen LogP contribution in [-0.4, -0.2) is 59.0 Å². The summed E-state index contributed by atoms with van der Waals surface area (Å²) in [5.74, 6) is 0.534. The number of aromatic nitrogens is 1. The van der Waals surface area contributed by atoms with Crippen LogP contribution in [0.3, 0.4) is 0 Å². The van der Waals surface area contributed by atoms with Crippen LogP contribution < -0.4 is 9.64 Å². The fraction of sp³-hybridized carbons (Fsp3) is 0.538. The van der Waals surface area contributed by atoms with Crippen molar-refractivity contribution < 1.29 is 27.8 Å². The molecule has 2 aliphatic heterocycles. The fourth-order valence-electron chi connectivity index (χ4n) is 5.93. The maximum Gasteiger partial charge on any atom is 0.573 e. The Kier molecular flexibility index (Phi) is 6.80. The number of ether oxygens (including phenoxy) is 1. The third kappa shape index (κ3) is 5.13. The molecule has 1 aliphatic carbocycles. The zero-order chi connectivity index (χ0) is 25.5. The summed E-state index contributed by atoms with van der Waals surface area (Å²) in [5, 5.41) is 10.3. The highest BCUT2D eigenvalue weighted by Crippen LogP contribution is 2.44. The van der Waals surface area contributed by atoms with Crippen molar-refractivity contribution in [3.63, 3.8) is 0 Å². The monoisotopic (exact) mass is 523 g/mol. The Morgan fingerprint density at radius 1 is 1.06 bits per heavy atom. The first kappa shape index (κ1) is 25.1. The van der Waals surface area contributed by atoms with Gasteiger partial charge in [0.2, 0.25) is 5.91 Å². The number of aliphatic hydroxyl groups is 1. The minimum Gasteiger partial charge on any atom is -0.406 e. The number of nitrogens with zero attached hydrogens (tertiary/aromatic N) is 3.